The van der Waals surface area contributed by atoms with Gasteiger partial charge in [0.25, 0.3) is 0 Å². The Balaban J connectivity index is 1.61. The minimum Gasteiger partial charge on any atom is -0.497 e. The van der Waals surface area contributed by atoms with Crippen molar-refractivity contribution in [1.29, 1.82) is 0 Å². The van der Waals surface area contributed by atoms with Gasteiger partial charge in [-0.15, -0.1) is 0 Å². The second kappa shape index (κ2) is 6.83. The third kappa shape index (κ3) is 3.36. The van der Waals surface area contributed by atoms with Crippen molar-refractivity contribution < 1.29 is 13.2 Å². The fourth-order valence-electron chi connectivity index (χ4n) is 3.36. The summed E-state index contributed by atoms with van der Waals surface area (Å²) < 4.78 is 32.7. The third-order valence-corrected chi connectivity index (χ3v) is 6.79. The lowest BCUT2D eigenvalue weighted by Crippen LogP contribution is -2.25. The molecule has 0 N–H and O–H groups in total. The van der Waals surface area contributed by atoms with Crippen molar-refractivity contribution in [3.63, 3.8) is 0 Å². The molecule has 0 bridgehead atoms. The zero-order chi connectivity index (χ0) is 19.0. The molecule has 5 heteroatoms. The van der Waals surface area contributed by atoms with Crippen LogP contribution in [-0.4, -0.2) is 19.8 Å². The normalized spacial score (nSPS) is 14.1. The molecular formula is C22H21NO3S. The number of benzene rings is 3. The van der Waals surface area contributed by atoms with Crippen LogP contribution in [0.2, 0.25) is 0 Å². The van der Waals surface area contributed by atoms with Crippen LogP contribution in [0.1, 0.15) is 16.7 Å². The number of sulfonamides is 1. The molecule has 0 atom stereocenters. The average Bonchev–Trinajstić information content (AvgIpc) is 3.12. The summed E-state index contributed by atoms with van der Waals surface area (Å²) in [6.07, 6.45) is 0. The van der Waals surface area contributed by atoms with Gasteiger partial charge in [0.05, 0.1) is 12.0 Å². The molecule has 0 saturated carbocycles. The van der Waals surface area contributed by atoms with E-state index in [9.17, 15) is 8.42 Å². The Morgan fingerprint density at radius 1 is 0.815 bits per heavy atom. The number of methoxy groups -OCH3 is 1. The van der Waals surface area contributed by atoms with E-state index in [2.05, 4.69) is 6.07 Å². The van der Waals surface area contributed by atoms with Gasteiger partial charge in [0, 0.05) is 13.1 Å². The van der Waals surface area contributed by atoms with E-state index in [-0.39, 0.29) is 0 Å². The molecule has 0 fully saturated rings. The summed E-state index contributed by atoms with van der Waals surface area (Å²) in [5.41, 5.74) is 5.31. The Morgan fingerprint density at radius 3 is 2.11 bits per heavy atom. The zero-order valence-corrected chi connectivity index (χ0v) is 16.2. The third-order valence-electron chi connectivity index (χ3n) is 4.98. The number of hydrogen-bond donors (Lipinski definition) is 0. The Labute approximate surface area is 160 Å². The first kappa shape index (κ1) is 17.8. The second-order valence-electron chi connectivity index (χ2n) is 6.80. The molecule has 138 valence electrons. The predicted molar refractivity (Wildman–Crippen MR) is 106 cm³/mol. The van der Waals surface area contributed by atoms with Gasteiger partial charge >= 0.3 is 0 Å². The van der Waals surface area contributed by atoms with E-state index >= 15 is 0 Å². The lowest BCUT2D eigenvalue weighted by atomic mass is 10.0. The SMILES string of the molecule is COc1ccc(-c2ccc3c(c2)CN(S(=O)(=O)c2ccc(C)cc2)C3)cc1. The summed E-state index contributed by atoms with van der Waals surface area (Å²) in [7, 11) is -1.85. The molecule has 3 aromatic rings. The van der Waals surface area contributed by atoms with Gasteiger partial charge in [-0.2, -0.15) is 4.31 Å². The predicted octanol–water partition coefficient (Wildman–Crippen LogP) is 4.38. The Morgan fingerprint density at radius 2 is 1.44 bits per heavy atom. The maximum Gasteiger partial charge on any atom is 0.243 e. The maximum absolute atomic E-state index is 13.0. The van der Waals surface area contributed by atoms with Gasteiger partial charge in [0.2, 0.25) is 10.0 Å². The van der Waals surface area contributed by atoms with Crippen molar-refractivity contribution in [3.8, 4) is 16.9 Å². The number of nitrogens with zero attached hydrogens (tertiary/aromatic N) is 1. The van der Waals surface area contributed by atoms with Gasteiger partial charge in [-0.25, -0.2) is 8.42 Å². The maximum atomic E-state index is 13.0. The Hall–Kier alpha value is -2.63. The minimum absolute atomic E-state index is 0.344. The van der Waals surface area contributed by atoms with E-state index in [1.807, 2.05) is 55.5 Å². The fraction of sp³-hybridized carbons (Fsp3) is 0.182. The summed E-state index contributed by atoms with van der Waals surface area (Å²) in [5, 5.41) is 0. The first-order valence-electron chi connectivity index (χ1n) is 8.80. The van der Waals surface area contributed by atoms with Crippen LogP contribution in [0.4, 0.5) is 0 Å². The van der Waals surface area contributed by atoms with Crippen molar-refractivity contribution in [2.24, 2.45) is 0 Å². The van der Waals surface area contributed by atoms with Gasteiger partial charge in [0.15, 0.2) is 0 Å². The van der Waals surface area contributed by atoms with Gasteiger partial charge < -0.3 is 4.74 Å². The van der Waals surface area contributed by atoms with Crippen LogP contribution in [0.3, 0.4) is 0 Å². The monoisotopic (exact) mass is 379 g/mol. The molecule has 0 radical (unpaired) electrons. The lowest BCUT2D eigenvalue weighted by Gasteiger charge is -2.15. The van der Waals surface area contributed by atoms with Crippen molar-refractivity contribution in [1.82, 2.24) is 4.31 Å². The van der Waals surface area contributed by atoms with E-state index < -0.39 is 10.0 Å². The second-order valence-corrected chi connectivity index (χ2v) is 8.74. The number of ether oxygens (including phenoxy) is 1. The molecule has 0 unspecified atom stereocenters. The van der Waals surface area contributed by atoms with Crippen molar-refractivity contribution in [2.45, 2.75) is 24.9 Å². The molecule has 4 nitrogen and oxygen atoms in total. The van der Waals surface area contributed by atoms with Crippen LogP contribution in [-0.2, 0) is 23.1 Å². The van der Waals surface area contributed by atoms with E-state index in [0.29, 0.717) is 18.0 Å². The zero-order valence-electron chi connectivity index (χ0n) is 15.3. The molecule has 0 saturated heterocycles. The van der Waals surface area contributed by atoms with Gasteiger partial charge in [-0.3, -0.25) is 0 Å². The van der Waals surface area contributed by atoms with Crippen LogP contribution in [0.5, 0.6) is 5.75 Å². The van der Waals surface area contributed by atoms with Crippen LogP contribution < -0.4 is 4.74 Å². The molecule has 0 aromatic heterocycles. The van der Waals surface area contributed by atoms with E-state index in [1.54, 1.807) is 23.5 Å². The highest BCUT2D eigenvalue weighted by Gasteiger charge is 2.30. The first-order valence-corrected chi connectivity index (χ1v) is 10.2. The Kier molecular flexibility index (Phi) is 4.50. The standard InChI is InChI=1S/C22H21NO3S/c1-16-3-11-22(12-4-16)27(24,25)23-14-19-6-5-18(13-20(19)15-23)17-7-9-21(26-2)10-8-17/h3-13H,14-15H2,1-2H3. The molecule has 4 rings (SSSR count). The topological polar surface area (TPSA) is 46.6 Å². The summed E-state index contributed by atoms with van der Waals surface area (Å²) in [6.45, 7) is 2.76. The molecular weight excluding hydrogens is 358 g/mol. The van der Waals surface area contributed by atoms with E-state index in [0.717, 1.165) is 33.6 Å². The number of fused-ring (bicyclic) bond motifs is 1. The number of aryl methyl sites for hydroxylation is 1. The van der Waals surface area contributed by atoms with Crippen LogP contribution in [0.15, 0.2) is 71.6 Å². The highest BCUT2D eigenvalue weighted by molar-refractivity contribution is 7.89. The van der Waals surface area contributed by atoms with Gasteiger partial charge in [-0.1, -0.05) is 42.0 Å². The van der Waals surface area contributed by atoms with Crippen LogP contribution >= 0.6 is 0 Å². The van der Waals surface area contributed by atoms with E-state index in [1.165, 1.54) is 0 Å². The Bertz CT molecular complexity index is 1070. The van der Waals surface area contributed by atoms with Gasteiger partial charge in [0.1, 0.15) is 5.75 Å². The van der Waals surface area contributed by atoms with Crippen LogP contribution in [0, 0.1) is 6.92 Å². The molecule has 3 aromatic carbocycles. The van der Waals surface area contributed by atoms with Crippen molar-refractivity contribution >= 4 is 10.0 Å². The highest BCUT2D eigenvalue weighted by atomic mass is 32.2. The molecule has 27 heavy (non-hydrogen) atoms. The summed E-state index contributed by atoms with van der Waals surface area (Å²) >= 11 is 0. The highest BCUT2D eigenvalue weighted by Crippen LogP contribution is 2.32. The molecule has 0 amide bonds. The van der Waals surface area contributed by atoms with Crippen LogP contribution in [0.25, 0.3) is 11.1 Å². The first-order chi connectivity index (χ1) is 13.0. The number of rotatable bonds is 4. The summed E-state index contributed by atoms with van der Waals surface area (Å²) in [6, 6.07) is 21.0. The molecule has 1 aliphatic heterocycles. The number of hydrogen-bond acceptors (Lipinski definition) is 3. The largest absolute Gasteiger partial charge is 0.497 e. The smallest absolute Gasteiger partial charge is 0.243 e. The quantitative estimate of drug-likeness (QED) is 0.676. The lowest BCUT2D eigenvalue weighted by molar-refractivity contribution is 0.415. The summed E-state index contributed by atoms with van der Waals surface area (Å²) in [5.74, 6) is 0.815. The fourth-order valence-corrected chi connectivity index (χ4v) is 4.75. The molecule has 0 spiro atoms. The van der Waals surface area contributed by atoms with E-state index in [4.69, 9.17) is 4.74 Å². The van der Waals surface area contributed by atoms with Crippen molar-refractivity contribution in [3.05, 3.63) is 83.4 Å². The minimum atomic E-state index is -3.49. The molecule has 0 aliphatic carbocycles. The van der Waals surface area contributed by atoms with Gasteiger partial charge in [-0.05, 0) is 59.5 Å². The van der Waals surface area contributed by atoms with Crippen molar-refractivity contribution in [2.75, 3.05) is 7.11 Å². The average molecular weight is 379 g/mol. The molecule has 1 heterocycles. The summed E-state index contributed by atoms with van der Waals surface area (Å²) in [4.78, 5) is 0.344. The molecule has 1 aliphatic rings.